The minimum atomic E-state index is -1.57. The SMILES string of the molecule is C=C1C(=O)O[C@H]2[C@H]1[C@H](OC(=O)[C@H](C)CC)[C@@H](OC(=O)/C(=C/C)CO)/C(C(=O)OC)=C\CCC(=C)[C@@H]2O. The summed E-state index contributed by atoms with van der Waals surface area (Å²) in [6.45, 7) is 11.9. The molecule has 0 aromatic heterocycles. The van der Waals surface area contributed by atoms with Gasteiger partial charge in [-0.15, -0.1) is 0 Å². The van der Waals surface area contributed by atoms with Gasteiger partial charge >= 0.3 is 23.9 Å². The number of ether oxygens (including phenoxy) is 4. The first-order valence-corrected chi connectivity index (χ1v) is 11.7. The van der Waals surface area contributed by atoms with Crippen molar-refractivity contribution in [3.05, 3.63) is 47.6 Å². The summed E-state index contributed by atoms with van der Waals surface area (Å²) >= 11 is 0. The van der Waals surface area contributed by atoms with Crippen LogP contribution in [0.4, 0.5) is 0 Å². The molecule has 2 rings (SSSR count). The van der Waals surface area contributed by atoms with Gasteiger partial charge in [-0.25, -0.2) is 14.4 Å². The molecule has 0 spiro atoms. The molecule has 0 unspecified atom stereocenters. The lowest BCUT2D eigenvalue weighted by atomic mass is 9.80. The minimum Gasteiger partial charge on any atom is -0.466 e. The van der Waals surface area contributed by atoms with Crippen molar-refractivity contribution >= 4 is 23.9 Å². The van der Waals surface area contributed by atoms with Gasteiger partial charge in [-0.05, 0) is 31.8 Å². The number of fused-ring (bicyclic) bond motifs is 1. The Hall–Kier alpha value is -3.24. The number of aliphatic hydroxyl groups excluding tert-OH is 2. The number of carbonyl (C=O) groups excluding carboxylic acids is 4. The fourth-order valence-corrected chi connectivity index (χ4v) is 3.99. The smallest absolute Gasteiger partial charge is 0.337 e. The lowest BCUT2D eigenvalue weighted by Gasteiger charge is -2.36. The Morgan fingerprint density at radius 3 is 2.50 bits per heavy atom. The number of rotatable bonds is 7. The van der Waals surface area contributed by atoms with Crippen LogP contribution in [0.2, 0.25) is 0 Å². The van der Waals surface area contributed by atoms with Gasteiger partial charge in [0.1, 0.15) is 12.2 Å². The van der Waals surface area contributed by atoms with Gasteiger partial charge in [-0.3, -0.25) is 4.79 Å². The lowest BCUT2D eigenvalue weighted by molar-refractivity contribution is -0.175. The standard InChI is InChI=1S/C26H34O10/c1-7-13(3)23(29)36-22-18-15(5)24(30)35-21(18)19(28)14(4)10-9-11-17(26(32)33-6)20(22)34-25(31)16(8-2)12-27/h8,11,13,18-22,27-28H,4-5,7,9-10,12H2,1-3,6H3/b16-8+,17-11+/t13-,18+,19+,20+,21+,22+/m1/s1. The van der Waals surface area contributed by atoms with Crippen molar-refractivity contribution in [3.63, 3.8) is 0 Å². The molecule has 0 amide bonds. The van der Waals surface area contributed by atoms with Crippen LogP contribution in [-0.2, 0) is 38.1 Å². The Morgan fingerprint density at radius 2 is 1.94 bits per heavy atom. The van der Waals surface area contributed by atoms with Crippen molar-refractivity contribution in [1.29, 1.82) is 0 Å². The summed E-state index contributed by atoms with van der Waals surface area (Å²) < 4.78 is 21.8. The number of methoxy groups -OCH3 is 1. The second kappa shape index (κ2) is 12.6. The predicted molar refractivity (Wildman–Crippen MR) is 127 cm³/mol. The number of aliphatic hydroxyl groups is 2. The largest absolute Gasteiger partial charge is 0.466 e. The van der Waals surface area contributed by atoms with Gasteiger partial charge < -0.3 is 29.2 Å². The van der Waals surface area contributed by atoms with Crippen molar-refractivity contribution in [3.8, 4) is 0 Å². The van der Waals surface area contributed by atoms with Crippen LogP contribution in [0.1, 0.15) is 40.0 Å². The first-order valence-electron chi connectivity index (χ1n) is 11.7. The first kappa shape index (κ1) is 29.0. The highest BCUT2D eigenvalue weighted by molar-refractivity contribution is 5.94. The second-order valence-electron chi connectivity index (χ2n) is 8.72. The van der Waals surface area contributed by atoms with Crippen LogP contribution in [0.15, 0.2) is 47.6 Å². The van der Waals surface area contributed by atoms with E-state index in [1.165, 1.54) is 19.1 Å². The molecule has 1 saturated heterocycles. The van der Waals surface area contributed by atoms with Crippen molar-refractivity contribution in [2.75, 3.05) is 13.7 Å². The predicted octanol–water partition coefficient (Wildman–Crippen LogP) is 1.70. The Bertz CT molecular complexity index is 975. The van der Waals surface area contributed by atoms with Crippen molar-refractivity contribution in [2.24, 2.45) is 11.8 Å². The first-order chi connectivity index (χ1) is 17.0. The minimum absolute atomic E-state index is 0.106. The highest BCUT2D eigenvalue weighted by Crippen LogP contribution is 2.40. The average Bonchev–Trinajstić information content (AvgIpc) is 3.16. The molecule has 10 heteroatoms. The Balaban J connectivity index is 2.78. The maximum Gasteiger partial charge on any atom is 0.337 e. The molecule has 36 heavy (non-hydrogen) atoms. The molecule has 198 valence electrons. The van der Waals surface area contributed by atoms with Crippen LogP contribution in [0.5, 0.6) is 0 Å². The van der Waals surface area contributed by atoms with Crippen LogP contribution in [-0.4, -0.2) is 72.2 Å². The fraction of sp³-hybridized carbons (Fsp3) is 0.538. The summed E-state index contributed by atoms with van der Waals surface area (Å²) in [6, 6.07) is 0. The highest BCUT2D eigenvalue weighted by Gasteiger charge is 2.54. The number of esters is 4. The summed E-state index contributed by atoms with van der Waals surface area (Å²) in [6.07, 6.45) is -2.07. The number of allylic oxidation sites excluding steroid dienone is 2. The van der Waals surface area contributed by atoms with Gasteiger partial charge in [0, 0.05) is 5.57 Å². The summed E-state index contributed by atoms with van der Waals surface area (Å²) in [5, 5.41) is 20.5. The quantitative estimate of drug-likeness (QED) is 0.226. The number of hydrogen-bond donors (Lipinski definition) is 2. The van der Waals surface area contributed by atoms with E-state index in [9.17, 15) is 29.4 Å². The van der Waals surface area contributed by atoms with Crippen LogP contribution >= 0.6 is 0 Å². The maximum absolute atomic E-state index is 13.0. The van der Waals surface area contributed by atoms with E-state index in [1.54, 1.807) is 13.8 Å². The summed E-state index contributed by atoms with van der Waals surface area (Å²) in [4.78, 5) is 51.3. The van der Waals surface area contributed by atoms with E-state index in [2.05, 4.69) is 13.2 Å². The monoisotopic (exact) mass is 506 g/mol. The summed E-state index contributed by atoms with van der Waals surface area (Å²) in [7, 11) is 1.14. The normalized spacial score (nSPS) is 29.3. The Labute approximate surface area is 210 Å². The number of carbonyl (C=O) groups is 4. The van der Waals surface area contributed by atoms with E-state index in [0.717, 1.165) is 7.11 Å². The van der Waals surface area contributed by atoms with E-state index in [0.29, 0.717) is 12.0 Å². The summed E-state index contributed by atoms with van der Waals surface area (Å²) in [5.74, 6) is -5.11. The van der Waals surface area contributed by atoms with Gasteiger partial charge in [0.15, 0.2) is 12.2 Å². The van der Waals surface area contributed by atoms with Gasteiger partial charge in [0.25, 0.3) is 0 Å². The number of hydrogen-bond acceptors (Lipinski definition) is 10. The topological polar surface area (TPSA) is 146 Å². The lowest BCUT2D eigenvalue weighted by Crippen LogP contribution is -2.50. The van der Waals surface area contributed by atoms with E-state index in [4.69, 9.17) is 18.9 Å². The van der Waals surface area contributed by atoms with Crippen LogP contribution in [0.25, 0.3) is 0 Å². The molecule has 0 aromatic carbocycles. The fourth-order valence-electron chi connectivity index (χ4n) is 3.99. The van der Waals surface area contributed by atoms with Gasteiger partial charge in [-0.1, -0.05) is 39.2 Å². The molecule has 0 saturated carbocycles. The third-order valence-corrected chi connectivity index (χ3v) is 6.48. The maximum atomic E-state index is 13.0. The Kier molecular flexibility index (Phi) is 10.2. The van der Waals surface area contributed by atoms with Crippen LogP contribution < -0.4 is 0 Å². The highest BCUT2D eigenvalue weighted by atomic mass is 16.6. The van der Waals surface area contributed by atoms with Gasteiger partial charge in [0.2, 0.25) is 0 Å². The molecule has 0 bridgehead atoms. The van der Waals surface area contributed by atoms with E-state index >= 15 is 0 Å². The van der Waals surface area contributed by atoms with Gasteiger partial charge in [-0.2, -0.15) is 0 Å². The second-order valence-corrected chi connectivity index (χ2v) is 8.72. The molecule has 0 radical (unpaired) electrons. The molecule has 0 aromatic rings. The molecule has 1 aliphatic heterocycles. The molecule has 2 aliphatic rings. The summed E-state index contributed by atoms with van der Waals surface area (Å²) in [5.41, 5.74) is -0.0536. The average molecular weight is 507 g/mol. The molecule has 1 fully saturated rings. The third kappa shape index (κ3) is 6.11. The van der Waals surface area contributed by atoms with Crippen LogP contribution in [0.3, 0.4) is 0 Å². The zero-order valence-corrected chi connectivity index (χ0v) is 21.0. The Morgan fingerprint density at radius 1 is 1.28 bits per heavy atom. The zero-order valence-electron chi connectivity index (χ0n) is 21.0. The van der Waals surface area contributed by atoms with E-state index in [1.807, 2.05) is 0 Å². The van der Waals surface area contributed by atoms with E-state index in [-0.39, 0.29) is 29.6 Å². The molecule has 10 nitrogen and oxygen atoms in total. The van der Waals surface area contributed by atoms with Gasteiger partial charge in [0.05, 0.1) is 36.7 Å². The molecular formula is C26H34O10. The van der Waals surface area contributed by atoms with Crippen molar-refractivity contribution < 1.29 is 48.3 Å². The van der Waals surface area contributed by atoms with Crippen molar-refractivity contribution in [1.82, 2.24) is 0 Å². The molecule has 1 aliphatic carbocycles. The molecule has 1 heterocycles. The van der Waals surface area contributed by atoms with E-state index < -0.39 is 66.7 Å². The molecule has 2 N–H and O–H groups in total. The zero-order chi connectivity index (χ0) is 27.2. The molecule has 6 atom stereocenters. The van der Waals surface area contributed by atoms with Crippen molar-refractivity contribution in [2.45, 2.75) is 64.4 Å². The molecular weight excluding hydrogens is 472 g/mol. The third-order valence-electron chi connectivity index (χ3n) is 6.48. The van der Waals surface area contributed by atoms with Crippen LogP contribution in [0, 0.1) is 11.8 Å².